The molecule has 1 N–H and O–H groups in total. The van der Waals surface area contributed by atoms with Crippen LogP contribution in [0.1, 0.15) is 64.2 Å². The van der Waals surface area contributed by atoms with Gasteiger partial charge in [-0.1, -0.05) is 33.8 Å². The van der Waals surface area contributed by atoms with Crippen molar-refractivity contribution in [3.63, 3.8) is 0 Å². The van der Waals surface area contributed by atoms with Crippen LogP contribution in [0.25, 0.3) is 9.75 Å². The van der Waals surface area contributed by atoms with Gasteiger partial charge in [0.05, 0.1) is 5.92 Å². The molecular formula is C25H27NO2S2. The van der Waals surface area contributed by atoms with Crippen LogP contribution >= 0.6 is 22.7 Å². The number of ketones is 2. The zero-order valence-corrected chi connectivity index (χ0v) is 19.6. The molecule has 0 saturated carbocycles. The van der Waals surface area contributed by atoms with E-state index < -0.39 is 0 Å². The monoisotopic (exact) mass is 437 g/mol. The summed E-state index contributed by atoms with van der Waals surface area (Å²) in [6.45, 7) is 8.63. The third kappa shape index (κ3) is 3.32. The van der Waals surface area contributed by atoms with Gasteiger partial charge in [-0.05, 0) is 47.3 Å². The van der Waals surface area contributed by atoms with E-state index in [9.17, 15) is 9.59 Å². The lowest BCUT2D eigenvalue weighted by molar-refractivity contribution is -0.119. The van der Waals surface area contributed by atoms with Crippen LogP contribution in [0.4, 0.5) is 0 Å². The van der Waals surface area contributed by atoms with Crippen molar-refractivity contribution >= 4 is 34.2 Å². The number of thiophene rings is 2. The summed E-state index contributed by atoms with van der Waals surface area (Å²) < 4.78 is 0. The first-order valence-corrected chi connectivity index (χ1v) is 12.3. The van der Waals surface area contributed by atoms with Crippen molar-refractivity contribution in [3.05, 3.63) is 57.1 Å². The Bertz CT molecular complexity index is 1060. The highest BCUT2D eigenvalue weighted by Crippen LogP contribution is 2.52. The maximum Gasteiger partial charge on any atom is 0.162 e. The molecule has 2 aromatic heterocycles. The van der Waals surface area contributed by atoms with Crippen LogP contribution < -0.4 is 5.32 Å². The van der Waals surface area contributed by atoms with E-state index >= 15 is 0 Å². The predicted molar refractivity (Wildman–Crippen MR) is 124 cm³/mol. The van der Waals surface area contributed by atoms with E-state index in [0.717, 1.165) is 40.3 Å². The Hall–Kier alpha value is -1.98. The van der Waals surface area contributed by atoms with E-state index in [-0.39, 0.29) is 28.3 Å². The predicted octanol–water partition coefficient (Wildman–Crippen LogP) is 6.45. The van der Waals surface area contributed by atoms with Gasteiger partial charge in [0.1, 0.15) is 0 Å². The van der Waals surface area contributed by atoms with Crippen LogP contribution in [-0.2, 0) is 9.59 Å². The minimum atomic E-state index is -0.220. The van der Waals surface area contributed by atoms with E-state index in [1.165, 1.54) is 9.75 Å². The molecule has 0 aromatic carbocycles. The molecule has 0 unspecified atom stereocenters. The Morgan fingerprint density at radius 1 is 0.833 bits per heavy atom. The lowest BCUT2D eigenvalue weighted by Gasteiger charge is -2.43. The number of carbonyl (C=O) groups is 2. The largest absolute Gasteiger partial charge is 0.362 e. The highest BCUT2D eigenvalue weighted by atomic mass is 32.1. The molecule has 3 nitrogen and oxygen atoms in total. The Morgan fingerprint density at radius 3 is 1.97 bits per heavy atom. The molecule has 0 atom stereocenters. The van der Waals surface area contributed by atoms with Crippen molar-refractivity contribution in [3.8, 4) is 9.75 Å². The van der Waals surface area contributed by atoms with Crippen LogP contribution in [-0.4, -0.2) is 11.6 Å². The number of allylic oxidation sites excluding steroid dienone is 4. The van der Waals surface area contributed by atoms with E-state index in [1.807, 2.05) is 0 Å². The van der Waals surface area contributed by atoms with Gasteiger partial charge in [-0.25, -0.2) is 0 Å². The molecule has 0 amide bonds. The maximum atomic E-state index is 13.3. The topological polar surface area (TPSA) is 46.2 Å². The molecule has 3 heterocycles. The fourth-order valence-electron chi connectivity index (χ4n) is 5.23. The highest BCUT2D eigenvalue weighted by Gasteiger charge is 2.46. The number of rotatable bonds is 2. The number of carbonyl (C=O) groups excluding carboxylic acids is 2. The Morgan fingerprint density at radius 2 is 1.43 bits per heavy atom. The molecule has 156 valence electrons. The fourth-order valence-corrected chi connectivity index (χ4v) is 7.20. The van der Waals surface area contributed by atoms with Crippen LogP contribution in [0.2, 0.25) is 0 Å². The first kappa shape index (κ1) is 20.0. The summed E-state index contributed by atoms with van der Waals surface area (Å²) in [6.07, 6.45) is 2.77. The molecule has 0 bridgehead atoms. The molecule has 2 aliphatic carbocycles. The molecule has 0 fully saturated rings. The van der Waals surface area contributed by atoms with Gasteiger partial charge < -0.3 is 5.32 Å². The molecular weight excluding hydrogens is 410 g/mol. The minimum absolute atomic E-state index is 0.0582. The Kier molecular flexibility index (Phi) is 4.50. The van der Waals surface area contributed by atoms with E-state index in [0.29, 0.717) is 12.8 Å². The average molecular weight is 438 g/mol. The van der Waals surface area contributed by atoms with Crippen molar-refractivity contribution in [1.29, 1.82) is 0 Å². The van der Waals surface area contributed by atoms with Crippen molar-refractivity contribution < 1.29 is 9.59 Å². The molecule has 0 spiro atoms. The molecule has 30 heavy (non-hydrogen) atoms. The molecule has 1 aliphatic heterocycles. The summed E-state index contributed by atoms with van der Waals surface area (Å²) in [7, 11) is 0. The lowest BCUT2D eigenvalue weighted by Crippen LogP contribution is -2.42. The minimum Gasteiger partial charge on any atom is -0.362 e. The van der Waals surface area contributed by atoms with Gasteiger partial charge in [0.2, 0.25) is 0 Å². The van der Waals surface area contributed by atoms with E-state index in [4.69, 9.17) is 0 Å². The lowest BCUT2D eigenvalue weighted by atomic mass is 9.65. The normalized spacial score (nSPS) is 23.3. The summed E-state index contributed by atoms with van der Waals surface area (Å²) in [5.41, 5.74) is 3.63. The van der Waals surface area contributed by atoms with Crippen LogP contribution in [0, 0.1) is 10.8 Å². The smallest absolute Gasteiger partial charge is 0.162 e. The zero-order valence-electron chi connectivity index (χ0n) is 17.9. The van der Waals surface area contributed by atoms with Crippen LogP contribution in [0.5, 0.6) is 0 Å². The third-order valence-corrected chi connectivity index (χ3v) is 8.61. The summed E-state index contributed by atoms with van der Waals surface area (Å²) in [4.78, 5) is 30.2. The van der Waals surface area contributed by atoms with Crippen LogP contribution in [0.15, 0.2) is 52.2 Å². The number of dihydropyridines is 1. The van der Waals surface area contributed by atoms with Gasteiger partial charge in [0.15, 0.2) is 11.6 Å². The Balaban J connectivity index is 1.67. The summed E-state index contributed by atoms with van der Waals surface area (Å²) in [5, 5.41) is 5.67. The van der Waals surface area contributed by atoms with Gasteiger partial charge in [0, 0.05) is 50.0 Å². The third-order valence-electron chi connectivity index (χ3n) is 6.39. The second-order valence-electron chi connectivity index (χ2n) is 10.4. The quantitative estimate of drug-likeness (QED) is 0.587. The second kappa shape index (κ2) is 6.76. The molecule has 5 rings (SSSR count). The summed E-state index contributed by atoms with van der Waals surface area (Å²) in [6, 6.07) is 8.46. The zero-order chi connectivity index (χ0) is 21.3. The standard InChI is InChI=1S/C25H27NO2S2/c1-24(2)10-14-21(16(27)12-24)23(20-8-7-19(30-20)18-6-5-9-29-18)22-15(26-14)11-25(3,4)13-17(22)28/h5-9,23,26H,10-13H2,1-4H3. The van der Waals surface area contributed by atoms with Crippen molar-refractivity contribution in [2.75, 3.05) is 0 Å². The van der Waals surface area contributed by atoms with Crippen LogP contribution in [0.3, 0.4) is 0 Å². The summed E-state index contributed by atoms with van der Waals surface area (Å²) >= 11 is 3.44. The molecule has 0 radical (unpaired) electrons. The first-order valence-electron chi connectivity index (χ1n) is 10.6. The van der Waals surface area contributed by atoms with E-state index in [2.05, 4.69) is 62.7 Å². The number of hydrogen-bond acceptors (Lipinski definition) is 5. The van der Waals surface area contributed by atoms with Gasteiger partial charge >= 0.3 is 0 Å². The fraction of sp³-hybridized carbons (Fsp3) is 0.440. The SMILES string of the molecule is CC1(C)CC(=O)C2=C(C1)NC1=C(C(=O)CC(C)(C)C1)C2c1ccc(-c2cccs2)s1. The molecule has 3 aliphatic rings. The van der Waals surface area contributed by atoms with Gasteiger partial charge in [-0.2, -0.15) is 0 Å². The second-order valence-corrected chi connectivity index (χ2v) is 12.5. The maximum absolute atomic E-state index is 13.3. The number of nitrogens with one attached hydrogen (secondary N) is 1. The molecule has 2 aromatic rings. The molecule has 0 saturated heterocycles. The number of hydrogen-bond donors (Lipinski definition) is 1. The average Bonchev–Trinajstić information content (AvgIpc) is 3.29. The van der Waals surface area contributed by atoms with Gasteiger partial charge in [-0.3, -0.25) is 9.59 Å². The Labute approximate surface area is 185 Å². The highest BCUT2D eigenvalue weighted by molar-refractivity contribution is 7.21. The van der Waals surface area contributed by atoms with Gasteiger partial charge in [0.25, 0.3) is 0 Å². The first-order chi connectivity index (χ1) is 14.1. The van der Waals surface area contributed by atoms with Gasteiger partial charge in [-0.15, -0.1) is 22.7 Å². The van der Waals surface area contributed by atoms with Crippen molar-refractivity contribution in [2.24, 2.45) is 10.8 Å². The van der Waals surface area contributed by atoms with Crippen molar-refractivity contribution in [1.82, 2.24) is 5.32 Å². The summed E-state index contributed by atoms with van der Waals surface area (Å²) in [5.74, 6) is 0.158. The number of Topliss-reactive ketones (excluding diaryl/α,β-unsaturated/α-hetero) is 2. The molecule has 5 heteroatoms. The van der Waals surface area contributed by atoms with Crippen molar-refractivity contribution in [2.45, 2.75) is 59.3 Å². The van der Waals surface area contributed by atoms with E-state index in [1.54, 1.807) is 22.7 Å².